The predicted octanol–water partition coefficient (Wildman–Crippen LogP) is 4.11. The van der Waals surface area contributed by atoms with Gasteiger partial charge in [-0.2, -0.15) is 13.2 Å². The number of alkyl halides is 3. The maximum absolute atomic E-state index is 12.6. The Morgan fingerprint density at radius 3 is 2.65 bits per heavy atom. The van der Waals surface area contributed by atoms with Crippen molar-refractivity contribution in [2.24, 2.45) is 5.92 Å². The van der Waals surface area contributed by atoms with E-state index >= 15 is 0 Å². The van der Waals surface area contributed by atoms with Crippen LogP contribution in [0.25, 0.3) is 0 Å². The minimum absolute atomic E-state index is 0. The molecular formula is C17H19ClF3N3OS. The van der Waals surface area contributed by atoms with Crippen molar-refractivity contribution in [3.63, 3.8) is 0 Å². The molecule has 1 aromatic heterocycles. The zero-order chi connectivity index (χ0) is 17.9. The van der Waals surface area contributed by atoms with Crippen LogP contribution in [0.1, 0.15) is 28.8 Å². The van der Waals surface area contributed by atoms with Crippen molar-refractivity contribution in [1.82, 2.24) is 10.3 Å². The lowest BCUT2D eigenvalue weighted by molar-refractivity contribution is -0.137. The van der Waals surface area contributed by atoms with E-state index in [9.17, 15) is 18.0 Å². The van der Waals surface area contributed by atoms with Gasteiger partial charge in [0.25, 0.3) is 0 Å². The number of aromatic nitrogens is 1. The van der Waals surface area contributed by atoms with Crippen molar-refractivity contribution in [2.45, 2.75) is 25.4 Å². The number of anilines is 1. The van der Waals surface area contributed by atoms with Crippen LogP contribution in [0.15, 0.2) is 30.5 Å². The number of piperidine rings is 1. The van der Waals surface area contributed by atoms with Crippen molar-refractivity contribution >= 4 is 34.8 Å². The van der Waals surface area contributed by atoms with E-state index < -0.39 is 11.7 Å². The number of amides is 1. The number of hydrogen-bond donors (Lipinski definition) is 2. The van der Waals surface area contributed by atoms with Gasteiger partial charge in [-0.05, 0) is 37.1 Å². The Bertz CT molecular complexity index is 728. The lowest BCUT2D eigenvalue weighted by atomic mass is 9.99. The summed E-state index contributed by atoms with van der Waals surface area (Å²) in [5, 5.41) is 6.55. The van der Waals surface area contributed by atoms with Crippen molar-refractivity contribution in [3.8, 4) is 0 Å². The Hall–Kier alpha value is -1.64. The fraction of sp³-hybridized carbons (Fsp3) is 0.412. The molecular weight excluding hydrogens is 387 g/mol. The highest BCUT2D eigenvalue weighted by molar-refractivity contribution is 7.15. The molecule has 1 amide bonds. The number of carbonyl (C=O) groups excluding carboxylic acids is 1. The highest BCUT2D eigenvalue weighted by Gasteiger charge is 2.30. The Morgan fingerprint density at radius 1 is 1.31 bits per heavy atom. The Labute approximate surface area is 159 Å². The van der Waals surface area contributed by atoms with Crippen molar-refractivity contribution in [3.05, 3.63) is 46.5 Å². The van der Waals surface area contributed by atoms with E-state index in [-0.39, 0.29) is 24.2 Å². The van der Waals surface area contributed by atoms with E-state index in [1.165, 1.54) is 23.5 Å². The second-order valence-corrected chi connectivity index (χ2v) is 7.15. The van der Waals surface area contributed by atoms with E-state index in [0.717, 1.165) is 42.0 Å². The summed E-state index contributed by atoms with van der Waals surface area (Å²) in [6.45, 7) is 1.62. The largest absolute Gasteiger partial charge is 0.416 e. The number of thiazole rings is 1. The summed E-state index contributed by atoms with van der Waals surface area (Å²) in [5.74, 6) is -0.0846. The minimum Gasteiger partial charge on any atom is -0.316 e. The predicted molar refractivity (Wildman–Crippen MR) is 97.8 cm³/mol. The molecule has 9 heteroatoms. The van der Waals surface area contributed by atoms with Gasteiger partial charge in [0.1, 0.15) is 0 Å². The normalized spacial score (nSPS) is 17.4. The van der Waals surface area contributed by atoms with Gasteiger partial charge in [-0.15, -0.1) is 23.7 Å². The Balaban J connectivity index is 0.00000243. The molecule has 0 aliphatic carbocycles. The lowest BCUT2D eigenvalue weighted by Gasteiger charge is -2.21. The van der Waals surface area contributed by atoms with Crippen LogP contribution in [0.3, 0.4) is 0 Å². The second kappa shape index (κ2) is 8.83. The standard InChI is InChI=1S/C17H18F3N3OS.ClH/c18-17(19,20)13-5-3-11(4-6-13)8-14-10-22-16(25-14)23-15(24)12-2-1-7-21-9-12;/h3-6,10,12,21H,1-2,7-9H2,(H,22,23,24);1H. The second-order valence-electron chi connectivity index (χ2n) is 6.04. The molecule has 0 radical (unpaired) electrons. The third kappa shape index (κ3) is 5.43. The number of benzene rings is 1. The van der Waals surface area contributed by atoms with Crippen LogP contribution in [0.4, 0.5) is 18.3 Å². The molecule has 1 aliphatic heterocycles. The zero-order valence-corrected chi connectivity index (χ0v) is 15.4. The molecule has 1 aliphatic rings. The summed E-state index contributed by atoms with van der Waals surface area (Å²) in [5.41, 5.74) is 0.112. The number of hydrogen-bond acceptors (Lipinski definition) is 4. The first-order chi connectivity index (χ1) is 11.9. The molecule has 1 fully saturated rings. The third-order valence-corrected chi connectivity index (χ3v) is 5.02. The molecule has 1 atom stereocenters. The number of carbonyl (C=O) groups is 1. The summed E-state index contributed by atoms with van der Waals surface area (Å²) < 4.78 is 37.7. The topological polar surface area (TPSA) is 54.0 Å². The van der Waals surface area contributed by atoms with Crippen molar-refractivity contribution in [2.75, 3.05) is 18.4 Å². The number of nitrogens with zero attached hydrogens (tertiary/aromatic N) is 1. The zero-order valence-electron chi connectivity index (χ0n) is 13.8. The lowest BCUT2D eigenvalue weighted by Crippen LogP contribution is -2.37. The molecule has 2 heterocycles. The summed E-state index contributed by atoms with van der Waals surface area (Å²) in [7, 11) is 0. The summed E-state index contributed by atoms with van der Waals surface area (Å²) >= 11 is 1.34. The molecule has 26 heavy (non-hydrogen) atoms. The van der Waals surface area contributed by atoms with Crippen LogP contribution in [0, 0.1) is 5.92 Å². The Kier molecular flexibility index (Phi) is 7.02. The maximum atomic E-state index is 12.6. The first-order valence-electron chi connectivity index (χ1n) is 8.04. The van der Waals surface area contributed by atoms with Gasteiger partial charge in [-0.25, -0.2) is 4.98 Å². The molecule has 1 saturated heterocycles. The van der Waals surface area contributed by atoms with Crippen LogP contribution >= 0.6 is 23.7 Å². The van der Waals surface area contributed by atoms with Gasteiger partial charge in [0.05, 0.1) is 11.5 Å². The van der Waals surface area contributed by atoms with Gasteiger partial charge in [0, 0.05) is 24.0 Å². The molecule has 2 aromatic rings. The molecule has 2 N–H and O–H groups in total. The van der Waals surface area contributed by atoms with Gasteiger partial charge in [-0.3, -0.25) is 4.79 Å². The average Bonchev–Trinajstić information content (AvgIpc) is 3.02. The maximum Gasteiger partial charge on any atom is 0.416 e. The minimum atomic E-state index is -4.32. The first-order valence-corrected chi connectivity index (χ1v) is 8.86. The quantitative estimate of drug-likeness (QED) is 0.804. The van der Waals surface area contributed by atoms with Crippen LogP contribution in [-0.2, 0) is 17.4 Å². The van der Waals surface area contributed by atoms with E-state index in [2.05, 4.69) is 15.6 Å². The number of halogens is 4. The van der Waals surface area contributed by atoms with E-state index in [0.29, 0.717) is 18.1 Å². The summed E-state index contributed by atoms with van der Waals surface area (Å²) in [6.07, 6.45) is -0.347. The van der Waals surface area contributed by atoms with Crippen LogP contribution in [-0.4, -0.2) is 24.0 Å². The first kappa shape index (κ1) is 20.7. The highest BCUT2D eigenvalue weighted by atomic mass is 35.5. The van der Waals surface area contributed by atoms with Crippen LogP contribution in [0.5, 0.6) is 0 Å². The fourth-order valence-electron chi connectivity index (χ4n) is 2.74. The SMILES string of the molecule is Cl.O=C(Nc1ncc(Cc2ccc(C(F)(F)F)cc2)s1)C1CCCNC1. The molecule has 4 nitrogen and oxygen atoms in total. The van der Waals surface area contributed by atoms with Crippen molar-refractivity contribution in [1.29, 1.82) is 0 Å². The van der Waals surface area contributed by atoms with Gasteiger partial charge in [-0.1, -0.05) is 12.1 Å². The monoisotopic (exact) mass is 405 g/mol. The van der Waals surface area contributed by atoms with Crippen molar-refractivity contribution < 1.29 is 18.0 Å². The molecule has 0 saturated carbocycles. The van der Waals surface area contributed by atoms with E-state index in [1.807, 2.05) is 0 Å². The van der Waals surface area contributed by atoms with Crippen LogP contribution in [0.2, 0.25) is 0 Å². The van der Waals surface area contributed by atoms with Gasteiger partial charge < -0.3 is 10.6 Å². The molecule has 0 spiro atoms. The molecule has 0 bridgehead atoms. The Morgan fingerprint density at radius 2 is 2.04 bits per heavy atom. The average molecular weight is 406 g/mol. The van der Waals surface area contributed by atoms with E-state index in [1.54, 1.807) is 6.20 Å². The van der Waals surface area contributed by atoms with Crippen LogP contribution < -0.4 is 10.6 Å². The molecule has 1 aromatic carbocycles. The number of nitrogens with one attached hydrogen (secondary N) is 2. The number of rotatable bonds is 4. The van der Waals surface area contributed by atoms with Gasteiger partial charge >= 0.3 is 6.18 Å². The molecule has 1 unspecified atom stereocenters. The fourth-order valence-corrected chi connectivity index (χ4v) is 3.59. The van der Waals surface area contributed by atoms with Gasteiger partial charge in [0.2, 0.25) is 5.91 Å². The molecule has 3 rings (SSSR count). The summed E-state index contributed by atoms with van der Waals surface area (Å²) in [4.78, 5) is 17.3. The van der Waals surface area contributed by atoms with Gasteiger partial charge in [0.15, 0.2) is 5.13 Å². The van der Waals surface area contributed by atoms with E-state index in [4.69, 9.17) is 0 Å². The smallest absolute Gasteiger partial charge is 0.316 e. The third-order valence-electron chi connectivity index (χ3n) is 4.11. The molecule has 142 valence electrons. The summed E-state index contributed by atoms with van der Waals surface area (Å²) in [6, 6.07) is 5.09. The highest BCUT2D eigenvalue weighted by Crippen LogP contribution is 2.30.